The van der Waals surface area contributed by atoms with Crippen molar-refractivity contribution < 1.29 is 9.13 Å². The molecule has 0 bridgehead atoms. The van der Waals surface area contributed by atoms with Gasteiger partial charge in [0.2, 0.25) is 0 Å². The van der Waals surface area contributed by atoms with E-state index in [1.165, 1.54) is 10.6 Å². The van der Waals surface area contributed by atoms with Gasteiger partial charge in [-0.05, 0) is 31.4 Å². The van der Waals surface area contributed by atoms with Gasteiger partial charge in [-0.3, -0.25) is 4.57 Å². The predicted molar refractivity (Wildman–Crippen MR) is 61.4 cm³/mol. The molecule has 5 heteroatoms. The molecule has 3 rings (SSSR count). The van der Waals surface area contributed by atoms with Gasteiger partial charge in [-0.15, -0.1) is 0 Å². The molecule has 17 heavy (non-hydrogen) atoms. The van der Waals surface area contributed by atoms with E-state index >= 15 is 0 Å². The first-order valence-electron chi connectivity index (χ1n) is 5.78. The van der Waals surface area contributed by atoms with Crippen LogP contribution in [0.1, 0.15) is 25.5 Å². The molecule has 1 unspecified atom stereocenters. The van der Waals surface area contributed by atoms with Gasteiger partial charge in [0.15, 0.2) is 0 Å². The number of benzene rings is 1. The van der Waals surface area contributed by atoms with Crippen LogP contribution in [0.15, 0.2) is 23.0 Å². The molecule has 0 amide bonds. The normalized spacial score (nSPS) is 20.9. The van der Waals surface area contributed by atoms with E-state index in [9.17, 15) is 9.18 Å². The van der Waals surface area contributed by atoms with Gasteiger partial charge in [-0.25, -0.2) is 9.18 Å². The number of ether oxygens (including phenoxy) is 1. The van der Waals surface area contributed by atoms with Crippen molar-refractivity contribution in [3.05, 3.63) is 34.5 Å². The molecule has 1 aromatic heterocycles. The maximum atomic E-state index is 13.5. The highest BCUT2D eigenvalue weighted by atomic mass is 19.1. The van der Waals surface area contributed by atoms with Crippen molar-refractivity contribution in [1.29, 1.82) is 0 Å². The van der Waals surface area contributed by atoms with Crippen molar-refractivity contribution in [3.8, 4) is 0 Å². The van der Waals surface area contributed by atoms with Crippen LogP contribution in [0.3, 0.4) is 0 Å². The summed E-state index contributed by atoms with van der Waals surface area (Å²) >= 11 is 0. The Morgan fingerprint density at radius 2 is 2.29 bits per heavy atom. The first-order valence-corrected chi connectivity index (χ1v) is 5.78. The first-order chi connectivity index (χ1) is 8.27. The van der Waals surface area contributed by atoms with Gasteiger partial charge in [0.25, 0.3) is 0 Å². The zero-order chi connectivity index (χ0) is 11.8. The van der Waals surface area contributed by atoms with Crippen LogP contribution in [-0.2, 0) is 4.74 Å². The smallest absolute Gasteiger partial charge is 0.328 e. The minimum Gasteiger partial charge on any atom is -0.358 e. The van der Waals surface area contributed by atoms with Gasteiger partial charge in [0.05, 0.1) is 5.52 Å². The van der Waals surface area contributed by atoms with E-state index in [1.54, 1.807) is 12.1 Å². The second-order valence-corrected chi connectivity index (χ2v) is 4.26. The summed E-state index contributed by atoms with van der Waals surface area (Å²) in [6, 6.07) is 4.67. The lowest BCUT2D eigenvalue weighted by molar-refractivity contribution is -0.0313. The fourth-order valence-electron chi connectivity index (χ4n) is 2.33. The number of rotatable bonds is 1. The van der Waals surface area contributed by atoms with Crippen LogP contribution in [0.2, 0.25) is 0 Å². The molecule has 4 nitrogen and oxygen atoms in total. The SMILES string of the molecule is O=c1[nH]c2c(F)cccc2n1C1CCCCO1. The molecule has 0 aliphatic carbocycles. The van der Waals surface area contributed by atoms with Gasteiger partial charge in [-0.2, -0.15) is 0 Å². The van der Waals surface area contributed by atoms with E-state index in [0.717, 1.165) is 19.3 Å². The standard InChI is InChI=1S/C12H13FN2O2/c13-8-4-3-5-9-11(8)14-12(16)15(9)10-6-1-2-7-17-10/h3-5,10H,1-2,6-7H2,(H,14,16). The van der Waals surface area contributed by atoms with E-state index in [2.05, 4.69) is 4.98 Å². The molecule has 1 aromatic carbocycles. The summed E-state index contributed by atoms with van der Waals surface area (Å²) in [6.07, 6.45) is 2.57. The van der Waals surface area contributed by atoms with Crippen LogP contribution in [0.25, 0.3) is 11.0 Å². The number of aromatic amines is 1. The summed E-state index contributed by atoms with van der Waals surface area (Å²) in [5.41, 5.74) is 0.519. The molecule has 1 fully saturated rings. The number of nitrogens with zero attached hydrogens (tertiary/aromatic N) is 1. The van der Waals surface area contributed by atoms with Crippen molar-refractivity contribution in [3.63, 3.8) is 0 Å². The van der Waals surface area contributed by atoms with Crippen LogP contribution < -0.4 is 5.69 Å². The highest BCUT2D eigenvalue weighted by Crippen LogP contribution is 2.25. The molecule has 1 aliphatic heterocycles. The Morgan fingerprint density at radius 3 is 3.06 bits per heavy atom. The third-order valence-electron chi connectivity index (χ3n) is 3.15. The van der Waals surface area contributed by atoms with Crippen molar-refractivity contribution >= 4 is 11.0 Å². The molecule has 1 N–H and O–H groups in total. The van der Waals surface area contributed by atoms with Gasteiger partial charge in [0.1, 0.15) is 17.6 Å². The predicted octanol–water partition coefficient (Wildman–Crippen LogP) is 2.17. The molecule has 1 saturated heterocycles. The lowest BCUT2D eigenvalue weighted by Gasteiger charge is -2.23. The monoisotopic (exact) mass is 236 g/mol. The number of H-pyrrole nitrogens is 1. The maximum absolute atomic E-state index is 13.5. The van der Waals surface area contributed by atoms with E-state index in [1.807, 2.05) is 0 Å². The summed E-state index contributed by atoms with van der Waals surface area (Å²) < 4.78 is 20.6. The van der Waals surface area contributed by atoms with Crippen LogP contribution in [0.5, 0.6) is 0 Å². The molecule has 0 saturated carbocycles. The number of para-hydroxylation sites is 1. The zero-order valence-electron chi connectivity index (χ0n) is 9.28. The molecular formula is C12H13FN2O2. The molecule has 0 radical (unpaired) electrons. The van der Waals surface area contributed by atoms with E-state index in [-0.39, 0.29) is 17.4 Å². The summed E-state index contributed by atoms with van der Waals surface area (Å²) in [5.74, 6) is -0.408. The van der Waals surface area contributed by atoms with Gasteiger partial charge in [0, 0.05) is 6.61 Å². The first kappa shape index (κ1) is 10.5. The molecule has 1 aliphatic rings. The van der Waals surface area contributed by atoms with Crippen molar-refractivity contribution in [2.75, 3.05) is 6.61 Å². The molecule has 1 atom stereocenters. The van der Waals surface area contributed by atoms with Crippen LogP contribution in [0.4, 0.5) is 4.39 Å². The average molecular weight is 236 g/mol. The zero-order valence-corrected chi connectivity index (χ0v) is 9.28. The van der Waals surface area contributed by atoms with Crippen LogP contribution in [0, 0.1) is 5.82 Å². The van der Waals surface area contributed by atoms with E-state index in [0.29, 0.717) is 12.1 Å². The van der Waals surface area contributed by atoms with Crippen molar-refractivity contribution in [1.82, 2.24) is 9.55 Å². The second-order valence-electron chi connectivity index (χ2n) is 4.26. The van der Waals surface area contributed by atoms with Gasteiger partial charge >= 0.3 is 5.69 Å². The number of hydrogen-bond acceptors (Lipinski definition) is 2. The average Bonchev–Trinajstić information content (AvgIpc) is 2.68. The summed E-state index contributed by atoms with van der Waals surface area (Å²) in [5, 5.41) is 0. The Bertz CT molecular complexity index is 596. The Morgan fingerprint density at radius 1 is 1.41 bits per heavy atom. The topological polar surface area (TPSA) is 47.0 Å². The number of nitrogens with one attached hydrogen (secondary N) is 1. The van der Waals surface area contributed by atoms with Gasteiger partial charge in [-0.1, -0.05) is 6.07 Å². The van der Waals surface area contributed by atoms with E-state index < -0.39 is 5.82 Å². The lowest BCUT2D eigenvalue weighted by Crippen LogP contribution is -2.26. The summed E-state index contributed by atoms with van der Waals surface area (Å²) in [6.45, 7) is 0.652. The van der Waals surface area contributed by atoms with E-state index in [4.69, 9.17) is 4.74 Å². The second kappa shape index (κ2) is 4.00. The largest absolute Gasteiger partial charge is 0.358 e. The molecule has 90 valence electrons. The maximum Gasteiger partial charge on any atom is 0.328 e. The number of hydrogen-bond donors (Lipinski definition) is 1. The van der Waals surface area contributed by atoms with Gasteiger partial charge < -0.3 is 9.72 Å². The fraction of sp³-hybridized carbons (Fsp3) is 0.417. The number of halogens is 1. The molecule has 0 spiro atoms. The minimum atomic E-state index is -0.408. The van der Waals surface area contributed by atoms with Crippen LogP contribution in [-0.4, -0.2) is 16.2 Å². The Labute approximate surface area is 97.0 Å². The molecular weight excluding hydrogens is 223 g/mol. The highest BCUT2D eigenvalue weighted by molar-refractivity contribution is 5.75. The highest BCUT2D eigenvalue weighted by Gasteiger charge is 2.21. The quantitative estimate of drug-likeness (QED) is 0.824. The van der Waals surface area contributed by atoms with Crippen molar-refractivity contribution in [2.24, 2.45) is 0 Å². The molecule has 2 aromatic rings. The summed E-state index contributed by atoms with van der Waals surface area (Å²) in [7, 11) is 0. The Balaban J connectivity index is 2.18. The third kappa shape index (κ3) is 1.67. The van der Waals surface area contributed by atoms with Crippen LogP contribution >= 0.6 is 0 Å². The number of aromatic nitrogens is 2. The Kier molecular flexibility index (Phi) is 2.48. The lowest BCUT2D eigenvalue weighted by atomic mass is 10.2. The minimum absolute atomic E-state index is 0.256. The summed E-state index contributed by atoms with van der Waals surface area (Å²) in [4.78, 5) is 14.4. The number of imidazole rings is 1. The Hall–Kier alpha value is -1.62. The molecule has 2 heterocycles. The third-order valence-corrected chi connectivity index (χ3v) is 3.15. The fourth-order valence-corrected chi connectivity index (χ4v) is 2.33. The number of fused-ring (bicyclic) bond motifs is 1. The van der Waals surface area contributed by atoms with Crippen molar-refractivity contribution in [2.45, 2.75) is 25.5 Å².